The van der Waals surface area contributed by atoms with E-state index >= 15 is 0 Å². The van der Waals surface area contributed by atoms with Gasteiger partial charge in [0.05, 0.1) is 11.2 Å². The van der Waals surface area contributed by atoms with Gasteiger partial charge in [0.25, 0.3) is 5.91 Å². The van der Waals surface area contributed by atoms with Crippen LogP contribution in [0.1, 0.15) is 15.2 Å². The number of amides is 1. The van der Waals surface area contributed by atoms with E-state index in [-0.39, 0.29) is 5.91 Å². The van der Waals surface area contributed by atoms with Crippen molar-refractivity contribution in [2.75, 3.05) is 5.32 Å². The molecule has 0 fully saturated rings. The average molecular weight is 294 g/mol. The van der Waals surface area contributed by atoms with Gasteiger partial charge in [-0.15, -0.1) is 11.3 Å². The number of para-hydroxylation sites is 1. The molecule has 3 rings (SSSR count). The Labute approximate surface area is 127 Å². The first-order chi connectivity index (χ1) is 10.3. The summed E-state index contributed by atoms with van der Waals surface area (Å²) in [4.78, 5) is 17.4. The number of carbonyl (C=O) groups excluding carboxylic acids is 1. The summed E-state index contributed by atoms with van der Waals surface area (Å²) >= 11 is 1.35. The number of thiazole rings is 1. The van der Waals surface area contributed by atoms with Gasteiger partial charge in [0.2, 0.25) is 0 Å². The van der Waals surface area contributed by atoms with Crippen LogP contribution in [0.2, 0.25) is 0 Å². The van der Waals surface area contributed by atoms with E-state index in [9.17, 15) is 4.79 Å². The summed E-state index contributed by atoms with van der Waals surface area (Å²) in [6.07, 6.45) is 0. The molecule has 21 heavy (non-hydrogen) atoms. The number of aromatic nitrogens is 1. The Kier molecular flexibility index (Phi) is 3.79. The molecule has 1 N–H and O–H groups in total. The second kappa shape index (κ2) is 5.89. The molecule has 0 radical (unpaired) electrons. The van der Waals surface area contributed by atoms with E-state index in [1.165, 1.54) is 11.3 Å². The molecule has 0 atom stereocenters. The summed E-state index contributed by atoms with van der Waals surface area (Å²) < 4.78 is 0. The molecule has 0 saturated heterocycles. The maximum atomic E-state index is 12.5. The van der Waals surface area contributed by atoms with Crippen molar-refractivity contribution in [3.05, 3.63) is 70.5 Å². The average Bonchev–Trinajstić information content (AvgIpc) is 3.00. The summed E-state index contributed by atoms with van der Waals surface area (Å²) in [5.41, 5.74) is 5.25. The number of rotatable bonds is 3. The lowest BCUT2D eigenvalue weighted by Crippen LogP contribution is -2.12. The van der Waals surface area contributed by atoms with Gasteiger partial charge >= 0.3 is 0 Å². The summed E-state index contributed by atoms with van der Waals surface area (Å²) in [5, 5.41) is 2.95. The second-order valence-electron chi connectivity index (χ2n) is 4.67. The minimum absolute atomic E-state index is 0.120. The lowest BCUT2D eigenvalue weighted by molar-refractivity contribution is 0.103. The smallest absolute Gasteiger partial charge is 0.268 e. The number of aryl methyl sites for hydroxylation is 1. The normalized spacial score (nSPS) is 10.3. The highest BCUT2D eigenvalue weighted by Crippen LogP contribution is 2.26. The topological polar surface area (TPSA) is 42.0 Å². The molecular weight excluding hydrogens is 280 g/mol. The molecule has 1 aromatic heterocycles. The van der Waals surface area contributed by atoms with Crippen LogP contribution in [-0.4, -0.2) is 10.9 Å². The largest absolute Gasteiger partial charge is 0.321 e. The van der Waals surface area contributed by atoms with E-state index in [4.69, 9.17) is 0 Å². The maximum Gasteiger partial charge on any atom is 0.268 e. The van der Waals surface area contributed by atoms with Crippen molar-refractivity contribution in [2.45, 2.75) is 6.92 Å². The number of hydrogen-bond acceptors (Lipinski definition) is 3. The number of hydrogen-bond donors (Lipinski definition) is 1. The van der Waals surface area contributed by atoms with Crippen LogP contribution >= 0.6 is 11.3 Å². The van der Waals surface area contributed by atoms with Crippen molar-refractivity contribution in [3.8, 4) is 11.3 Å². The molecular formula is C17H14N2OS. The highest BCUT2D eigenvalue weighted by molar-refractivity contribution is 7.12. The molecule has 104 valence electrons. The van der Waals surface area contributed by atoms with E-state index in [1.54, 1.807) is 5.51 Å². The SMILES string of the molecule is Cc1ccccc1NC(=O)c1scnc1-c1ccccc1. The van der Waals surface area contributed by atoms with Crippen molar-refractivity contribution >= 4 is 22.9 Å². The molecule has 0 aliphatic carbocycles. The van der Waals surface area contributed by atoms with Crippen LogP contribution in [-0.2, 0) is 0 Å². The Morgan fingerprint density at radius 1 is 1.05 bits per heavy atom. The van der Waals surface area contributed by atoms with Crippen LogP contribution in [0.15, 0.2) is 60.1 Å². The van der Waals surface area contributed by atoms with Crippen LogP contribution in [0.3, 0.4) is 0 Å². The molecule has 0 unspecified atom stereocenters. The molecule has 2 aromatic carbocycles. The molecule has 0 saturated carbocycles. The van der Waals surface area contributed by atoms with Crippen molar-refractivity contribution in [1.29, 1.82) is 0 Å². The van der Waals surface area contributed by atoms with Gasteiger partial charge in [-0.3, -0.25) is 4.79 Å². The minimum Gasteiger partial charge on any atom is -0.321 e. The Hall–Kier alpha value is -2.46. The van der Waals surface area contributed by atoms with Crippen LogP contribution in [0.25, 0.3) is 11.3 Å². The van der Waals surface area contributed by atoms with Crippen molar-refractivity contribution in [3.63, 3.8) is 0 Å². The van der Waals surface area contributed by atoms with Crippen molar-refractivity contribution in [2.24, 2.45) is 0 Å². The summed E-state index contributed by atoms with van der Waals surface area (Å²) in [6, 6.07) is 17.5. The third-order valence-electron chi connectivity index (χ3n) is 3.21. The fourth-order valence-electron chi connectivity index (χ4n) is 2.10. The Balaban J connectivity index is 1.90. The first kappa shape index (κ1) is 13.5. The number of nitrogens with zero attached hydrogens (tertiary/aromatic N) is 1. The maximum absolute atomic E-state index is 12.5. The van der Waals surface area contributed by atoms with E-state index < -0.39 is 0 Å². The van der Waals surface area contributed by atoms with Gasteiger partial charge in [-0.25, -0.2) is 4.98 Å². The molecule has 4 heteroatoms. The van der Waals surface area contributed by atoms with Crippen LogP contribution in [0.4, 0.5) is 5.69 Å². The third kappa shape index (κ3) is 2.85. The zero-order chi connectivity index (χ0) is 14.7. The monoisotopic (exact) mass is 294 g/mol. The highest BCUT2D eigenvalue weighted by atomic mass is 32.1. The predicted molar refractivity (Wildman–Crippen MR) is 86.7 cm³/mol. The predicted octanol–water partition coefficient (Wildman–Crippen LogP) is 4.37. The standard InChI is InChI=1S/C17H14N2OS/c1-12-7-5-6-10-14(12)19-17(20)16-15(18-11-21-16)13-8-3-2-4-9-13/h2-11H,1H3,(H,19,20). The first-order valence-corrected chi connectivity index (χ1v) is 7.49. The fourth-order valence-corrected chi connectivity index (χ4v) is 2.80. The molecule has 3 nitrogen and oxygen atoms in total. The Bertz CT molecular complexity index is 765. The lowest BCUT2D eigenvalue weighted by Gasteiger charge is -2.08. The van der Waals surface area contributed by atoms with E-state index in [1.807, 2.05) is 61.5 Å². The molecule has 1 amide bonds. The van der Waals surface area contributed by atoms with Gasteiger partial charge in [-0.05, 0) is 18.6 Å². The summed E-state index contributed by atoms with van der Waals surface area (Å²) in [5.74, 6) is -0.120. The van der Waals surface area contributed by atoms with Gasteiger partial charge < -0.3 is 5.32 Å². The molecule has 0 spiro atoms. The number of carbonyl (C=O) groups is 1. The highest BCUT2D eigenvalue weighted by Gasteiger charge is 2.16. The zero-order valence-corrected chi connectivity index (χ0v) is 12.4. The van der Waals surface area contributed by atoms with E-state index in [0.717, 1.165) is 22.5 Å². The van der Waals surface area contributed by atoms with Crippen LogP contribution in [0, 0.1) is 6.92 Å². The van der Waals surface area contributed by atoms with Gasteiger partial charge in [0, 0.05) is 11.3 Å². The molecule has 3 aromatic rings. The minimum atomic E-state index is -0.120. The Morgan fingerprint density at radius 3 is 2.52 bits per heavy atom. The molecule has 0 bridgehead atoms. The third-order valence-corrected chi connectivity index (χ3v) is 4.04. The van der Waals surface area contributed by atoms with Crippen LogP contribution < -0.4 is 5.32 Å². The van der Waals surface area contributed by atoms with E-state index in [2.05, 4.69) is 10.3 Å². The first-order valence-electron chi connectivity index (χ1n) is 6.61. The number of nitrogens with one attached hydrogen (secondary N) is 1. The molecule has 0 aliphatic rings. The number of benzene rings is 2. The zero-order valence-electron chi connectivity index (χ0n) is 11.5. The van der Waals surface area contributed by atoms with Crippen molar-refractivity contribution < 1.29 is 4.79 Å². The van der Waals surface area contributed by atoms with E-state index in [0.29, 0.717) is 4.88 Å². The van der Waals surface area contributed by atoms with Gasteiger partial charge in [0.1, 0.15) is 4.88 Å². The fraction of sp³-hybridized carbons (Fsp3) is 0.0588. The lowest BCUT2D eigenvalue weighted by atomic mass is 10.1. The summed E-state index contributed by atoms with van der Waals surface area (Å²) in [7, 11) is 0. The van der Waals surface area contributed by atoms with Gasteiger partial charge in [-0.2, -0.15) is 0 Å². The summed E-state index contributed by atoms with van der Waals surface area (Å²) in [6.45, 7) is 1.97. The Morgan fingerprint density at radius 2 is 1.76 bits per heavy atom. The number of anilines is 1. The second-order valence-corrected chi connectivity index (χ2v) is 5.52. The van der Waals surface area contributed by atoms with Gasteiger partial charge in [0.15, 0.2) is 0 Å². The quantitative estimate of drug-likeness (QED) is 0.779. The molecule has 0 aliphatic heterocycles. The van der Waals surface area contributed by atoms with Crippen LogP contribution in [0.5, 0.6) is 0 Å². The van der Waals surface area contributed by atoms with Crippen molar-refractivity contribution in [1.82, 2.24) is 4.98 Å². The van der Waals surface area contributed by atoms with Gasteiger partial charge in [-0.1, -0.05) is 48.5 Å². The molecule has 1 heterocycles.